The molecule has 0 aliphatic carbocycles. The van der Waals surface area contributed by atoms with E-state index in [0.717, 1.165) is 23.3 Å². The van der Waals surface area contributed by atoms with E-state index >= 15 is 0 Å². The van der Waals surface area contributed by atoms with Gasteiger partial charge in [-0.25, -0.2) is 4.98 Å². The Morgan fingerprint density at radius 2 is 1.84 bits per heavy atom. The molecule has 11 heteroatoms. The summed E-state index contributed by atoms with van der Waals surface area (Å²) >= 11 is 6.21. The Balaban J connectivity index is 1.57. The molecule has 0 saturated heterocycles. The zero-order chi connectivity index (χ0) is 26.7. The summed E-state index contributed by atoms with van der Waals surface area (Å²) in [5.74, 6) is -1.47. The molecule has 37 heavy (non-hydrogen) atoms. The van der Waals surface area contributed by atoms with Gasteiger partial charge in [-0.3, -0.25) is 9.59 Å². The van der Waals surface area contributed by atoms with E-state index in [2.05, 4.69) is 20.6 Å². The number of benzene rings is 3. The van der Waals surface area contributed by atoms with Crippen molar-refractivity contribution in [1.29, 1.82) is 0 Å². The van der Waals surface area contributed by atoms with E-state index < -0.39 is 35.2 Å². The maximum atomic E-state index is 13.4. The minimum atomic E-state index is -4.70. The molecule has 1 unspecified atom stereocenters. The highest BCUT2D eigenvalue weighted by atomic mass is 35.5. The summed E-state index contributed by atoms with van der Waals surface area (Å²) in [5, 5.41) is 5.81. The van der Waals surface area contributed by atoms with Crippen LogP contribution in [-0.4, -0.2) is 35.4 Å². The second-order valence-electron chi connectivity index (χ2n) is 8.26. The lowest BCUT2D eigenvalue weighted by atomic mass is 10.1. The highest BCUT2D eigenvalue weighted by Crippen LogP contribution is 2.32. The molecule has 3 N–H and O–H groups in total. The van der Waals surface area contributed by atoms with E-state index in [4.69, 9.17) is 16.3 Å². The number of hydrogen-bond acceptors (Lipinski definition) is 4. The lowest BCUT2D eigenvalue weighted by Crippen LogP contribution is -2.29. The average molecular weight is 531 g/mol. The summed E-state index contributed by atoms with van der Waals surface area (Å²) in [7, 11) is 1.51. The number of carbonyl (C=O) groups is 2. The van der Waals surface area contributed by atoms with Crippen molar-refractivity contribution in [3.05, 3.63) is 93.8 Å². The number of H-pyrrole nitrogens is 1. The SMILES string of the molecule is COC(CNC(=O)c1cc(NC(=O)c2ccccc2C(F)(F)F)cc2[nH]cnc12)c1ccc(C)c(Cl)c1. The smallest absolute Gasteiger partial charge is 0.375 e. The monoisotopic (exact) mass is 530 g/mol. The number of imidazole rings is 1. The zero-order valence-electron chi connectivity index (χ0n) is 19.7. The number of nitrogens with one attached hydrogen (secondary N) is 3. The van der Waals surface area contributed by atoms with Crippen LogP contribution in [0.1, 0.15) is 43.5 Å². The number of methoxy groups -OCH3 is 1. The van der Waals surface area contributed by atoms with Crippen molar-refractivity contribution in [2.45, 2.75) is 19.2 Å². The number of aromatic nitrogens is 2. The fourth-order valence-electron chi connectivity index (χ4n) is 3.85. The van der Waals surface area contributed by atoms with Crippen molar-refractivity contribution >= 4 is 40.1 Å². The molecule has 4 aromatic rings. The summed E-state index contributed by atoms with van der Waals surface area (Å²) in [6.45, 7) is 1.98. The summed E-state index contributed by atoms with van der Waals surface area (Å²) in [5.41, 5.74) is 1.07. The number of rotatable bonds is 7. The molecule has 1 aromatic heterocycles. The number of carbonyl (C=O) groups excluding carboxylic acids is 2. The van der Waals surface area contributed by atoms with Gasteiger partial charge < -0.3 is 20.4 Å². The summed E-state index contributed by atoms with van der Waals surface area (Å²) in [6.07, 6.45) is -3.82. The van der Waals surface area contributed by atoms with Gasteiger partial charge >= 0.3 is 6.18 Å². The van der Waals surface area contributed by atoms with Gasteiger partial charge in [0.2, 0.25) is 0 Å². The molecule has 0 radical (unpaired) electrons. The van der Waals surface area contributed by atoms with Gasteiger partial charge in [-0.1, -0.05) is 35.9 Å². The molecule has 3 aromatic carbocycles. The molecular formula is C26H22ClF3N4O3. The third kappa shape index (κ3) is 5.76. The van der Waals surface area contributed by atoms with Crippen LogP contribution in [0.3, 0.4) is 0 Å². The van der Waals surface area contributed by atoms with Crippen LogP contribution < -0.4 is 10.6 Å². The van der Waals surface area contributed by atoms with Crippen molar-refractivity contribution < 1.29 is 27.5 Å². The Kier molecular flexibility index (Phi) is 7.51. The van der Waals surface area contributed by atoms with Crippen LogP contribution in [0.15, 0.2) is 60.9 Å². The van der Waals surface area contributed by atoms with Gasteiger partial charge in [-0.05, 0) is 48.4 Å². The fourth-order valence-corrected chi connectivity index (χ4v) is 4.04. The predicted octanol–water partition coefficient (Wildman–Crippen LogP) is 5.91. The Morgan fingerprint density at radius 1 is 1.08 bits per heavy atom. The fraction of sp³-hybridized carbons (Fsp3) is 0.192. The van der Waals surface area contributed by atoms with Crippen LogP contribution in [0, 0.1) is 6.92 Å². The van der Waals surface area contributed by atoms with Crippen molar-refractivity contribution in [2.24, 2.45) is 0 Å². The largest absolute Gasteiger partial charge is 0.417 e. The second-order valence-corrected chi connectivity index (χ2v) is 8.67. The number of aromatic amines is 1. The highest BCUT2D eigenvalue weighted by molar-refractivity contribution is 6.31. The maximum absolute atomic E-state index is 13.4. The van der Waals surface area contributed by atoms with Crippen molar-refractivity contribution in [1.82, 2.24) is 15.3 Å². The number of hydrogen-bond donors (Lipinski definition) is 3. The van der Waals surface area contributed by atoms with Gasteiger partial charge in [0.05, 0.1) is 34.6 Å². The van der Waals surface area contributed by atoms with Gasteiger partial charge in [-0.2, -0.15) is 13.2 Å². The van der Waals surface area contributed by atoms with E-state index in [-0.39, 0.29) is 17.8 Å². The lowest BCUT2D eigenvalue weighted by Gasteiger charge is -2.18. The van der Waals surface area contributed by atoms with Gasteiger partial charge in [0.15, 0.2) is 0 Å². The molecule has 0 spiro atoms. The number of anilines is 1. The number of alkyl halides is 3. The molecule has 192 valence electrons. The standard InChI is InChI=1S/C26H22ClF3N4O3/c1-14-7-8-15(9-20(14)27)22(37-2)12-31-24(35)18-10-16(11-21-23(18)33-13-32-21)34-25(36)17-5-3-4-6-19(17)26(28,29)30/h3-11,13,22H,12H2,1-2H3,(H,31,35)(H,32,33)(H,34,36). The van der Waals surface area contributed by atoms with Gasteiger partial charge in [0.25, 0.3) is 11.8 Å². The molecule has 0 bridgehead atoms. The third-order valence-electron chi connectivity index (χ3n) is 5.80. The van der Waals surface area contributed by atoms with Crippen LogP contribution in [0.2, 0.25) is 5.02 Å². The van der Waals surface area contributed by atoms with E-state index in [1.807, 2.05) is 19.1 Å². The Hall–Kier alpha value is -3.89. The van der Waals surface area contributed by atoms with Crippen molar-refractivity contribution in [3.8, 4) is 0 Å². The van der Waals surface area contributed by atoms with Crippen LogP contribution in [0.4, 0.5) is 18.9 Å². The molecule has 0 saturated carbocycles. The summed E-state index contributed by atoms with van der Waals surface area (Å²) in [4.78, 5) is 32.9. The van der Waals surface area contributed by atoms with Crippen LogP contribution >= 0.6 is 11.6 Å². The first kappa shape index (κ1) is 26.2. The quantitative estimate of drug-likeness (QED) is 0.277. The van der Waals surface area contributed by atoms with Crippen LogP contribution in [0.25, 0.3) is 11.0 Å². The Bertz CT molecular complexity index is 1470. The van der Waals surface area contributed by atoms with Crippen molar-refractivity contribution in [2.75, 3.05) is 19.0 Å². The summed E-state index contributed by atoms with van der Waals surface area (Å²) < 4.78 is 45.6. The lowest BCUT2D eigenvalue weighted by molar-refractivity contribution is -0.137. The van der Waals surface area contributed by atoms with Crippen LogP contribution in [0.5, 0.6) is 0 Å². The van der Waals surface area contributed by atoms with Crippen molar-refractivity contribution in [3.63, 3.8) is 0 Å². The molecule has 0 aliphatic rings. The molecule has 7 nitrogen and oxygen atoms in total. The number of amides is 2. The number of fused-ring (bicyclic) bond motifs is 1. The predicted molar refractivity (Wildman–Crippen MR) is 134 cm³/mol. The molecule has 0 aliphatic heterocycles. The van der Waals surface area contributed by atoms with E-state index in [1.54, 1.807) is 6.07 Å². The normalized spacial score (nSPS) is 12.4. The first-order valence-corrected chi connectivity index (χ1v) is 11.5. The first-order valence-electron chi connectivity index (χ1n) is 11.1. The number of aryl methyl sites for hydroxylation is 1. The van der Waals surface area contributed by atoms with E-state index in [0.29, 0.717) is 16.1 Å². The molecule has 4 rings (SSSR count). The number of ether oxygens (including phenoxy) is 1. The third-order valence-corrected chi connectivity index (χ3v) is 6.21. The molecule has 0 fully saturated rings. The minimum absolute atomic E-state index is 0.107. The van der Waals surface area contributed by atoms with Crippen LogP contribution in [-0.2, 0) is 10.9 Å². The van der Waals surface area contributed by atoms with Gasteiger partial charge in [-0.15, -0.1) is 0 Å². The molecule has 2 amide bonds. The van der Waals surface area contributed by atoms with E-state index in [9.17, 15) is 22.8 Å². The molecule has 1 atom stereocenters. The molecule has 1 heterocycles. The summed E-state index contributed by atoms with van der Waals surface area (Å²) in [6, 6.07) is 12.8. The minimum Gasteiger partial charge on any atom is -0.375 e. The Labute approximate surface area is 215 Å². The van der Waals surface area contributed by atoms with Gasteiger partial charge in [0.1, 0.15) is 5.52 Å². The highest BCUT2D eigenvalue weighted by Gasteiger charge is 2.35. The second kappa shape index (κ2) is 10.6. The number of halogens is 4. The number of nitrogens with zero attached hydrogens (tertiary/aromatic N) is 1. The van der Waals surface area contributed by atoms with Gasteiger partial charge in [0, 0.05) is 24.4 Å². The topological polar surface area (TPSA) is 96.1 Å². The first-order chi connectivity index (χ1) is 17.6. The average Bonchev–Trinajstić information content (AvgIpc) is 3.34. The van der Waals surface area contributed by atoms with E-state index in [1.165, 1.54) is 37.7 Å². The maximum Gasteiger partial charge on any atom is 0.417 e. The Morgan fingerprint density at radius 3 is 2.54 bits per heavy atom. The zero-order valence-corrected chi connectivity index (χ0v) is 20.5. The molecular weight excluding hydrogens is 509 g/mol.